The lowest BCUT2D eigenvalue weighted by Gasteiger charge is -2.25. The van der Waals surface area contributed by atoms with Crippen LogP contribution in [-0.4, -0.2) is 29.2 Å². The average molecular weight is 260 g/mol. The van der Waals surface area contributed by atoms with E-state index in [9.17, 15) is 14.4 Å². The first-order valence-corrected chi connectivity index (χ1v) is 6.20. The summed E-state index contributed by atoms with van der Waals surface area (Å²) in [6.07, 6.45) is 0.440. The van der Waals surface area contributed by atoms with Crippen molar-refractivity contribution in [3.05, 3.63) is 35.9 Å². The maximum atomic E-state index is 12.5. The Labute approximate surface area is 111 Å². The average Bonchev–Trinajstić information content (AvgIpc) is 2.64. The molecule has 0 bridgehead atoms. The van der Waals surface area contributed by atoms with Crippen LogP contribution in [0.5, 0.6) is 0 Å². The van der Waals surface area contributed by atoms with Gasteiger partial charge in [0.15, 0.2) is 0 Å². The van der Waals surface area contributed by atoms with E-state index in [1.165, 1.54) is 6.92 Å². The normalized spacial score (nSPS) is 22.5. The van der Waals surface area contributed by atoms with E-state index in [-0.39, 0.29) is 18.2 Å². The summed E-state index contributed by atoms with van der Waals surface area (Å²) in [5, 5.41) is 2.72. The van der Waals surface area contributed by atoms with Crippen molar-refractivity contribution in [3.8, 4) is 0 Å². The number of nitrogens with zero attached hydrogens (tertiary/aromatic N) is 1. The summed E-state index contributed by atoms with van der Waals surface area (Å²) in [6, 6.07) is 8.59. The zero-order valence-electron chi connectivity index (χ0n) is 11.0. The highest BCUT2D eigenvalue weighted by molar-refractivity contribution is 6.09. The van der Waals surface area contributed by atoms with Crippen LogP contribution in [0.4, 0.5) is 4.79 Å². The highest BCUT2D eigenvalue weighted by Crippen LogP contribution is 2.32. The van der Waals surface area contributed by atoms with Crippen LogP contribution in [0.1, 0.15) is 25.8 Å². The van der Waals surface area contributed by atoms with Crippen molar-refractivity contribution in [2.75, 3.05) is 6.54 Å². The number of nitrogens with one attached hydrogen (secondary N) is 1. The van der Waals surface area contributed by atoms with Crippen molar-refractivity contribution in [3.63, 3.8) is 0 Å². The van der Waals surface area contributed by atoms with Gasteiger partial charge in [0.05, 0.1) is 6.54 Å². The smallest absolute Gasteiger partial charge is 0.319 e. The van der Waals surface area contributed by atoms with Gasteiger partial charge < -0.3 is 5.32 Å². The van der Waals surface area contributed by atoms with E-state index in [0.29, 0.717) is 6.42 Å². The fraction of sp³-hybridized carbons (Fsp3) is 0.357. The number of imide groups is 1. The van der Waals surface area contributed by atoms with Gasteiger partial charge in [0.1, 0.15) is 11.3 Å². The summed E-state index contributed by atoms with van der Waals surface area (Å²) in [4.78, 5) is 36.5. The lowest BCUT2D eigenvalue weighted by atomic mass is 9.87. The first-order chi connectivity index (χ1) is 9.01. The van der Waals surface area contributed by atoms with Crippen molar-refractivity contribution >= 4 is 17.7 Å². The molecule has 0 aliphatic carbocycles. The van der Waals surface area contributed by atoms with Crippen molar-refractivity contribution in [2.24, 2.45) is 0 Å². The Morgan fingerprint density at radius 1 is 1.26 bits per heavy atom. The minimum Gasteiger partial charge on any atom is -0.319 e. The van der Waals surface area contributed by atoms with Gasteiger partial charge in [-0.3, -0.25) is 14.5 Å². The largest absolute Gasteiger partial charge is 0.325 e. The van der Waals surface area contributed by atoms with Gasteiger partial charge in [-0.1, -0.05) is 37.3 Å². The van der Waals surface area contributed by atoms with Gasteiger partial charge in [-0.25, -0.2) is 4.79 Å². The van der Waals surface area contributed by atoms with Gasteiger partial charge in [-0.05, 0) is 18.9 Å². The van der Waals surface area contributed by atoms with Crippen LogP contribution >= 0.6 is 0 Å². The third-order valence-electron chi connectivity index (χ3n) is 3.35. The number of Topliss-reactive ketones (excluding diaryl/α,β-unsaturated/α-hetero) is 1. The first-order valence-electron chi connectivity index (χ1n) is 6.20. The molecule has 0 unspecified atom stereocenters. The van der Waals surface area contributed by atoms with Gasteiger partial charge >= 0.3 is 6.03 Å². The van der Waals surface area contributed by atoms with Crippen molar-refractivity contribution in [1.29, 1.82) is 0 Å². The summed E-state index contributed by atoms with van der Waals surface area (Å²) >= 11 is 0. The van der Waals surface area contributed by atoms with Crippen molar-refractivity contribution in [1.82, 2.24) is 10.2 Å². The monoisotopic (exact) mass is 260 g/mol. The molecule has 2 rings (SSSR count). The van der Waals surface area contributed by atoms with Gasteiger partial charge in [-0.2, -0.15) is 0 Å². The molecule has 5 heteroatoms. The first kappa shape index (κ1) is 13.3. The van der Waals surface area contributed by atoms with E-state index in [2.05, 4.69) is 5.32 Å². The van der Waals surface area contributed by atoms with Crippen LogP contribution in [0.15, 0.2) is 30.3 Å². The molecule has 0 saturated carbocycles. The van der Waals surface area contributed by atoms with Crippen LogP contribution in [0.2, 0.25) is 0 Å². The fourth-order valence-electron chi connectivity index (χ4n) is 2.35. The Bertz CT molecular complexity index is 527. The van der Waals surface area contributed by atoms with Crippen LogP contribution in [0.3, 0.4) is 0 Å². The molecule has 1 aromatic rings. The third-order valence-corrected chi connectivity index (χ3v) is 3.35. The molecule has 100 valence electrons. The molecule has 1 N–H and O–H groups in total. The molecule has 1 aliphatic rings. The molecule has 1 saturated heterocycles. The topological polar surface area (TPSA) is 66.5 Å². The zero-order chi connectivity index (χ0) is 14.0. The molecule has 1 aliphatic heterocycles. The highest BCUT2D eigenvalue weighted by atomic mass is 16.2. The number of rotatable bonds is 4. The van der Waals surface area contributed by atoms with Gasteiger partial charge in [0.25, 0.3) is 5.91 Å². The number of hydrogen-bond donors (Lipinski definition) is 1. The summed E-state index contributed by atoms with van der Waals surface area (Å²) < 4.78 is 0. The lowest BCUT2D eigenvalue weighted by Crippen LogP contribution is -2.43. The Hall–Kier alpha value is -2.17. The zero-order valence-corrected chi connectivity index (χ0v) is 11.0. The Balaban J connectivity index is 2.41. The number of benzene rings is 1. The predicted octanol–water partition coefficient (Wildman–Crippen LogP) is 1.43. The Kier molecular flexibility index (Phi) is 3.38. The Morgan fingerprint density at radius 3 is 2.42 bits per heavy atom. The molecule has 19 heavy (non-hydrogen) atoms. The van der Waals surface area contributed by atoms with Crippen LogP contribution in [0.25, 0.3) is 0 Å². The summed E-state index contributed by atoms with van der Waals surface area (Å²) in [6.45, 7) is 3.01. The van der Waals surface area contributed by atoms with Crippen molar-refractivity contribution in [2.45, 2.75) is 25.8 Å². The van der Waals surface area contributed by atoms with Crippen LogP contribution < -0.4 is 5.32 Å². The van der Waals surface area contributed by atoms with E-state index >= 15 is 0 Å². The maximum Gasteiger partial charge on any atom is 0.325 e. The second-order valence-corrected chi connectivity index (χ2v) is 4.65. The summed E-state index contributed by atoms with van der Waals surface area (Å²) in [7, 11) is 0. The number of hydrogen-bond acceptors (Lipinski definition) is 3. The summed E-state index contributed by atoms with van der Waals surface area (Å²) in [5.74, 6) is -0.579. The third kappa shape index (κ3) is 2.12. The number of ketones is 1. The molecule has 1 atom stereocenters. The molecule has 3 amide bonds. The highest BCUT2D eigenvalue weighted by Gasteiger charge is 2.51. The molecule has 1 heterocycles. The molecule has 1 fully saturated rings. The maximum absolute atomic E-state index is 12.5. The standard InChI is InChI=1S/C14H16N2O3/c1-3-14(11-7-5-4-6-8-11)12(18)16(9-10(2)17)13(19)15-14/h4-8H,3,9H2,1-2H3,(H,15,19)/t14-/m1/s1. The number of carbonyl (C=O) groups is 3. The van der Waals surface area contributed by atoms with Gasteiger partial charge in [0, 0.05) is 0 Å². The number of amides is 3. The van der Waals surface area contributed by atoms with Gasteiger partial charge in [-0.15, -0.1) is 0 Å². The van der Waals surface area contributed by atoms with E-state index < -0.39 is 11.6 Å². The van der Waals surface area contributed by atoms with E-state index in [4.69, 9.17) is 0 Å². The second-order valence-electron chi connectivity index (χ2n) is 4.65. The van der Waals surface area contributed by atoms with E-state index in [1.807, 2.05) is 25.1 Å². The molecule has 0 radical (unpaired) electrons. The Morgan fingerprint density at radius 2 is 1.89 bits per heavy atom. The molecular formula is C14H16N2O3. The molecule has 0 aromatic heterocycles. The SMILES string of the molecule is CC[C@]1(c2ccccc2)NC(=O)N(CC(C)=O)C1=O. The second kappa shape index (κ2) is 4.84. The van der Waals surface area contributed by atoms with E-state index in [0.717, 1.165) is 10.5 Å². The van der Waals surface area contributed by atoms with Crippen LogP contribution in [-0.2, 0) is 15.1 Å². The van der Waals surface area contributed by atoms with Gasteiger partial charge in [0.2, 0.25) is 0 Å². The van der Waals surface area contributed by atoms with Crippen molar-refractivity contribution < 1.29 is 14.4 Å². The molecule has 1 aromatic carbocycles. The van der Waals surface area contributed by atoms with Crippen LogP contribution in [0, 0.1) is 0 Å². The molecular weight excluding hydrogens is 244 g/mol. The molecule has 0 spiro atoms. The number of urea groups is 1. The minimum absolute atomic E-state index is 0.181. The lowest BCUT2D eigenvalue weighted by molar-refractivity contribution is -0.134. The minimum atomic E-state index is -1.05. The fourth-order valence-corrected chi connectivity index (χ4v) is 2.35. The quantitative estimate of drug-likeness (QED) is 0.833. The van der Waals surface area contributed by atoms with E-state index in [1.54, 1.807) is 12.1 Å². The number of carbonyl (C=O) groups excluding carboxylic acids is 3. The summed E-state index contributed by atoms with van der Waals surface area (Å²) in [5.41, 5.74) is -0.310. The predicted molar refractivity (Wildman–Crippen MR) is 69.3 cm³/mol. The molecule has 5 nitrogen and oxygen atoms in total.